The lowest BCUT2D eigenvalue weighted by atomic mass is 10.0. The van der Waals surface area contributed by atoms with Gasteiger partial charge in [0.2, 0.25) is 5.82 Å². The fourth-order valence-corrected chi connectivity index (χ4v) is 1.24. The van der Waals surface area contributed by atoms with Crippen molar-refractivity contribution in [3.63, 3.8) is 0 Å². The largest absolute Gasteiger partial charge is 0.324 e. The summed E-state index contributed by atoms with van der Waals surface area (Å²) in [6.07, 6.45) is 1.13. The van der Waals surface area contributed by atoms with Crippen molar-refractivity contribution in [3.8, 4) is 0 Å². The van der Waals surface area contributed by atoms with E-state index in [0.29, 0.717) is 0 Å². The minimum absolute atomic E-state index is 0.0989. The summed E-state index contributed by atoms with van der Waals surface area (Å²) in [5.74, 6) is -9.97. The van der Waals surface area contributed by atoms with Crippen molar-refractivity contribution in [1.82, 2.24) is 0 Å². The fourth-order valence-electron chi connectivity index (χ4n) is 1.24. The summed E-state index contributed by atoms with van der Waals surface area (Å²) in [6.45, 7) is 3.26. The van der Waals surface area contributed by atoms with Crippen LogP contribution in [0.25, 0.3) is 0 Å². The van der Waals surface area contributed by atoms with Gasteiger partial charge in [-0.1, -0.05) is 6.08 Å². The highest BCUT2D eigenvalue weighted by Gasteiger charge is 2.28. The molecule has 6 heteroatoms. The molecular weight excluding hydrogens is 229 g/mol. The van der Waals surface area contributed by atoms with E-state index in [9.17, 15) is 22.0 Å². The normalized spacial score (nSPS) is 12.6. The summed E-state index contributed by atoms with van der Waals surface area (Å²) < 4.78 is 64.5. The Morgan fingerprint density at radius 2 is 1.31 bits per heavy atom. The Balaban J connectivity index is 3.44. The van der Waals surface area contributed by atoms with E-state index in [-0.39, 0.29) is 6.42 Å². The zero-order valence-corrected chi connectivity index (χ0v) is 8.04. The third-order valence-electron chi connectivity index (χ3n) is 2.04. The molecule has 1 aromatic rings. The maximum Gasteiger partial charge on any atom is 0.200 e. The quantitative estimate of drug-likeness (QED) is 0.372. The van der Waals surface area contributed by atoms with Crippen LogP contribution in [0.15, 0.2) is 12.7 Å². The van der Waals surface area contributed by atoms with Gasteiger partial charge in [-0.25, -0.2) is 22.0 Å². The Hall–Kier alpha value is -1.43. The number of hydrogen-bond acceptors (Lipinski definition) is 1. The van der Waals surface area contributed by atoms with Crippen molar-refractivity contribution < 1.29 is 22.0 Å². The molecule has 0 aliphatic carbocycles. The van der Waals surface area contributed by atoms with Crippen molar-refractivity contribution in [2.75, 3.05) is 0 Å². The van der Waals surface area contributed by atoms with E-state index in [1.807, 2.05) is 0 Å². The fraction of sp³-hybridized carbons (Fsp3) is 0.200. The summed E-state index contributed by atoms with van der Waals surface area (Å²) >= 11 is 0. The number of hydrogen-bond donors (Lipinski definition) is 1. The van der Waals surface area contributed by atoms with Crippen molar-refractivity contribution in [1.29, 1.82) is 0 Å². The van der Waals surface area contributed by atoms with Crippen LogP contribution in [0, 0.1) is 29.1 Å². The highest BCUT2D eigenvalue weighted by molar-refractivity contribution is 5.27. The number of rotatable bonds is 3. The molecule has 0 amide bonds. The first-order chi connectivity index (χ1) is 7.41. The third kappa shape index (κ3) is 1.92. The van der Waals surface area contributed by atoms with Gasteiger partial charge in [-0.15, -0.1) is 6.58 Å². The second kappa shape index (κ2) is 4.61. The molecule has 2 N–H and O–H groups in total. The van der Waals surface area contributed by atoms with Crippen LogP contribution < -0.4 is 5.73 Å². The summed E-state index contributed by atoms with van der Waals surface area (Å²) in [6, 6.07) is -1.32. The molecular formula is C10H8F5N. The predicted molar refractivity (Wildman–Crippen MR) is 48.0 cm³/mol. The van der Waals surface area contributed by atoms with Gasteiger partial charge in [0, 0.05) is 11.6 Å². The van der Waals surface area contributed by atoms with Gasteiger partial charge in [-0.3, -0.25) is 0 Å². The second-order valence-electron chi connectivity index (χ2n) is 3.11. The summed E-state index contributed by atoms with van der Waals surface area (Å²) in [7, 11) is 0. The lowest BCUT2D eigenvalue weighted by Crippen LogP contribution is -2.17. The molecule has 88 valence electrons. The van der Waals surface area contributed by atoms with Gasteiger partial charge in [0.15, 0.2) is 23.3 Å². The highest BCUT2D eigenvalue weighted by atomic mass is 19.2. The van der Waals surface area contributed by atoms with Gasteiger partial charge in [0.1, 0.15) is 0 Å². The first-order valence-electron chi connectivity index (χ1n) is 4.29. The van der Waals surface area contributed by atoms with Crippen LogP contribution in [0.5, 0.6) is 0 Å². The average molecular weight is 237 g/mol. The smallest absolute Gasteiger partial charge is 0.200 e. The van der Waals surface area contributed by atoms with E-state index in [1.54, 1.807) is 0 Å². The number of benzene rings is 1. The van der Waals surface area contributed by atoms with Gasteiger partial charge in [-0.2, -0.15) is 0 Å². The van der Waals surface area contributed by atoms with Crippen LogP contribution in [0.1, 0.15) is 18.0 Å². The molecule has 0 radical (unpaired) electrons. The molecule has 1 aromatic carbocycles. The molecule has 0 bridgehead atoms. The maximum atomic E-state index is 13.1. The van der Waals surface area contributed by atoms with Gasteiger partial charge in [0.05, 0.1) is 0 Å². The highest BCUT2D eigenvalue weighted by Crippen LogP contribution is 2.28. The van der Waals surface area contributed by atoms with Crippen LogP contribution in [-0.4, -0.2) is 0 Å². The SMILES string of the molecule is C=CC[C@@H](N)c1c(F)c(F)c(F)c(F)c1F. The lowest BCUT2D eigenvalue weighted by molar-refractivity contribution is 0.364. The first-order valence-corrected chi connectivity index (χ1v) is 4.29. The molecule has 16 heavy (non-hydrogen) atoms. The van der Waals surface area contributed by atoms with E-state index < -0.39 is 40.7 Å². The molecule has 1 nitrogen and oxygen atoms in total. The van der Waals surface area contributed by atoms with Crippen molar-refractivity contribution in [3.05, 3.63) is 47.3 Å². The van der Waals surface area contributed by atoms with E-state index in [4.69, 9.17) is 5.73 Å². The molecule has 0 aromatic heterocycles. The summed E-state index contributed by atoms with van der Waals surface area (Å²) in [4.78, 5) is 0. The van der Waals surface area contributed by atoms with E-state index >= 15 is 0 Å². The standard InChI is InChI=1S/C10H8F5N/c1-2-3-4(16)5-6(11)8(13)10(15)9(14)7(5)12/h2,4H,1,3,16H2/t4-/m1/s1. The van der Waals surface area contributed by atoms with Crippen LogP contribution in [0.4, 0.5) is 22.0 Å². The number of halogens is 5. The summed E-state index contributed by atoms with van der Waals surface area (Å²) in [5, 5.41) is 0. The van der Waals surface area contributed by atoms with Crippen LogP contribution in [0.2, 0.25) is 0 Å². The third-order valence-corrected chi connectivity index (χ3v) is 2.04. The van der Waals surface area contributed by atoms with Gasteiger partial charge in [0.25, 0.3) is 0 Å². The van der Waals surface area contributed by atoms with E-state index in [2.05, 4.69) is 6.58 Å². The lowest BCUT2D eigenvalue weighted by Gasteiger charge is -2.13. The average Bonchev–Trinajstić information content (AvgIpc) is 2.24. The van der Waals surface area contributed by atoms with Crippen molar-refractivity contribution in [2.24, 2.45) is 5.73 Å². The second-order valence-corrected chi connectivity index (χ2v) is 3.11. The van der Waals surface area contributed by atoms with Crippen molar-refractivity contribution >= 4 is 0 Å². The monoisotopic (exact) mass is 237 g/mol. The molecule has 0 saturated carbocycles. The Kier molecular flexibility index (Phi) is 3.64. The molecule has 0 saturated heterocycles. The molecule has 0 aliphatic rings. The van der Waals surface area contributed by atoms with Gasteiger partial charge < -0.3 is 5.73 Å². The molecule has 0 spiro atoms. The number of nitrogens with two attached hydrogens (primary N) is 1. The van der Waals surface area contributed by atoms with Crippen LogP contribution in [-0.2, 0) is 0 Å². The Labute approximate surface area is 88.4 Å². The Morgan fingerprint density at radius 1 is 0.938 bits per heavy atom. The first kappa shape index (κ1) is 12.6. The van der Waals surface area contributed by atoms with E-state index in [1.165, 1.54) is 6.08 Å². The predicted octanol–water partition coefficient (Wildman–Crippen LogP) is 2.96. The maximum absolute atomic E-state index is 13.1. The zero-order chi connectivity index (χ0) is 12.5. The zero-order valence-electron chi connectivity index (χ0n) is 8.04. The Morgan fingerprint density at radius 3 is 1.69 bits per heavy atom. The summed E-state index contributed by atoms with van der Waals surface area (Å²) in [5.41, 5.74) is 4.27. The topological polar surface area (TPSA) is 26.0 Å². The molecule has 0 unspecified atom stereocenters. The molecule has 0 aliphatic heterocycles. The van der Waals surface area contributed by atoms with E-state index in [0.717, 1.165) is 0 Å². The molecule has 0 heterocycles. The Bertz CT molecular complexity index is 401. The van der Waals surface area contributed by atoms with Crippen LogP contribution in [0.3, 0.4) is 0 Å². The minimum atomic E-state index is -2.19. The minimum Gasteiger partial charge on any atom is -0.324 e. The van der Waals surface area contributed by atoms with Crippen LogP contribution >= 0.6 is 0 Å². The van der Waals surface area contributed by atoms with Gasteiger partial charge >= 0.3 is 0 Å². The molecule has 0 fully saturated rings. The van der Waals surface area contributed by atoms with Crippen molar-refractivity contribution in [2.45, 2.75) is 12.5 Å². The molecule has 1 rings (SSSR count). The molecule has 1 atom stereocenters. The van der Waals surface area contributed by atoms with Gasteiger partial charge in [-0.05, 0) is 6.42 Å².